The SMILES string of the molecule is CC1(C)[C@H](Cc2cc(CN3CCOCC3)on2)C[C@@H]1N(Cc1ccco1)Cc1ccco1. The summed E-state index contributed by atoms with van der Waals surface area (Å²) in [6.45, 7) is 10.6. The molecule has 1 saturated carbocycles. The predicted octanol–water partition coefficient (Wildman–Crippen LogP) is 4.35. The number of nitrogens with zero attached hydrogens (tertiary/aromatic N) is 3. The molecule has 1 saturated heterocycles. The standard InChI is InChI=1S/C25H33N3O4/c1-25(2)19(13-20-15-23(32-26-20)16-27-7-11-29-12-8-27)14-24(25)28(17-21-5-3-9-30-21)18-22-6-4-10-31-22/h3-6,9-10,15,19,24H,7-8,11-14,16-18H2,1-2H3/t19-,24+/m1/s1. The molecule has 7 heteroatoms. The molecule has 0 aromatic carbocycles. The predicted molar refractivity (Wildman–Crippen MR) is 119 cm³/mol. The number of aromatic nitrogens is 1. The van der Waals surface area contributed by atoms with Crippen molar-refractivity contribution >= 4 is 0 Å². The van der Waals surface area contributed by atoms with Crippen LogP contribution in [0.5, 0.6) is 0 Å². The highest BCUT2D eigenvalue weighted by atomic mass is 16.5. The molecule has 0 unspecified atom stereocenters. The Bertz CT molecular complexity index is 921. The van der Waals surface area contributed by atoms with E-state index in [2.05, 4.69) is 34.9 Å². The number of hydrogen-bond acceptors (Lipinski definition) is 7. The molecule has 32 heavy (non-hydrogen) atoms. The molecule has 4 heterocycles. The second-order valence-corrected chi connectivity index (χ2v) is 9.71. The summed E-state index contributed by atoms with van der Waals surface area (Å²) in [6.07, 6.45) is 5.56. The minimum Gasteiger partial charge on any atom is -0.468 e. The Morgan fingerprint density at radius 3 is 2.31 bits per heavy atom. The fourth-order valence-electron chi connectivity index (χ4n) is 5.19. The lowest BCUT2D eigenvalue weighted by molar-refractivity contribution is -0.0751. The lowest BCUT2D eigenvalue weighted by Gasteiger charge is -2.56. The molecule has 2 atom stereocenters. The van der Waals surface area contributed by atoms with Gasteiger partial charge in [0.15, 0.2) is 5.76 Å². The summed E-state index contributed by atoms with van der Waals surface area (Å²) < 4.78 is 22.4. The Morgan fingerprint density at radius 1 is 1.03 bits per heavy atom. The van der Waals surface area contributed by atoms with Crippen molar-refractivity contribution in [3.63, 3.8) is 0 Å². The molecule has 0 bridgehead atoms. The van der Waals surface area contributed by atoms with Gasteiger partial charge in [-0.1, -0.05) is 19.0 Å². The van der Waals surface area contributed by atoms with E-state index in [0.717, 1.165) is 81.8 Å². The van der Waals surface area contributed by atoms with Crippen LogP contribution in [0.3, 0.4) is 0 Å². The first-order valence-corrected chi connectivity index (χ1v) is 11.6. The Hall–Kier alpha value is -2.35. The van der Waals surface area contributed by atoms with Crippen LogP contribution in [0.4, 0.5) is 0 Å². The third kappa shape index (κ3) is 4.70. The first kappa shape index (κ1) is 21.5. The summed E-state index contributed by atoms with van der Waals surface area (Å²) in [6, 6.07) is 10.6. The van der Waals surface area contributed by atoms with Crippen LogP contribution in [0.2, 0.25) is 0 Å². The minimum atomic E-state index is 0.155. The van der Waals surface area contributed by atoms with E-state index in [4.69, 9.17) is 18.1 Å². The van der Waals surface area contributed by atoms with E-state index in [9.17, 15) is 0 Å². The maximum Gasteiger partial charge on any atom is 0.150 e. The molecule has 0 N–H and O–H groups in total. The monoisotopic (exact) mass is 439 g/mol. The average molecular weight is 440 g/mol. The van der Waals surface area contributed by atoms with Crippen molar-refractivity contribution < 1.29 is 18.1 Å². The highest BCUT2D eigenvalue weighted by Crippen LogP contribution is 2.51. The molecule has 1 aliphatic heterocycles. The zero-order valence-corrected chi connectivity index (χ0v) is 19.0. The molecule has 0 amide bonds. The molecular weight excluding hydrogens is 406 g/mol. The minimum absolute atomic E-state index is 0.155. The van der Waals surface area contributed by atoms with Gasteiger partial charge in [-0.3, -0.25) is 9.80 Å². The molecule has 2 fully saturated rings. The van der Waals surface area contributed by atoms with Gasteiger partial charge in [-0.2, -0.15) is 0 Å². The number of morpholine rings is 1. The van der Waals surface area contributed by atoms with Gasteiger partial charge in [-0.05, 0) is 48.4 Å². The molecule has 172 valence electrons. The van der Waals surface area contributed by atoms with Gasteiger partial charge < -0.3 is 18.1 Å². The van der Waals surface area contributed by atoms with Crippen LogP contribution < -0.4 is 0 Å². The Labute approximate surface area is 189 Å². The number of ether oxygens (including phenoxy) is 1. The van der Waals surface area contributed by atoms with Crippen molar-refractivity contribution in [2.75, 3.05) is 26.3 Å². The Kier molecular flexibility index (Phi) is 6.22. The molecular formula is C25H33N3O4. The van der Waals surface area contributed by atoms with Crippen LogP contribution in [0.25, 0.3) is 0 Å². The fraction of sp³-hybridized carbons (Fsp3) is 0.560. The Morgan fingerprint density at radius 2 is 1.72 bits per heavy atom. The van der Waals surface area contributed by atoms with E-state index >= 15 is 0 Å². The van der Waals surface area contributed by atoms with E-state index in [-0.39, 0.29) is 5.41 Å². The maximum atomic E-state index is 5.65. The van der Waals surface area contributed by atoms with Crippen molar-refractivity contribution in [3.05, 3.63) is 65.8 Å². The maximum absolute atomic E-state index is 5.65. The van der Waals surface area contributed by atoms with Crippen LogP contribution in [0.15, 0.2) is 56.2 Å². The quantitative estimate of drug-likeness (QED) is 0.491. The molecule has 0 radical (unpaired) electrons. The van der Waals surface area contributed by atoms with Gasteiger partial charge in [0.05, 0.1) is 51.1 Å². The average Bonchev–Trinajstić information content (AvgIpc) is 3.55. The van der Waals surface area contributed by atoms with Crippen molar-refractivity contribution in [1.82, 2.24) is 15.0 Å². The zero-order valence-electron chi connectivity index (χ0n) is 19.0. The second kappa shape index (κ2) is 9.25. The van der Waals surface area contributed by atoms with Gasteiger partial charge >= 0.3 is 0 Å². The first-order chi connectivity index (χ1) is 15.6. The highest BCUT2D eigenvalue weighted by Gasteiger charge is 2.50. The molecule has 3 aromatic heterocycles. The number of rotatable bonds is 9. The summed E-state index contributed by atoms with van der Waals surface area (Å²) in [7, 11) is 0. The number of furan rings is 2. The summed E-state index contributed by atoms with van der Waals surface area (Å²) >= 11 is 0. The molecule has 3 aromatic rings. The van der Waals surface area contributed by atoms with Crippen LogP contribution >= 0.6 is 0 Å². The van der Waals surface area contributed by atoms with E-state index < -0.39 is 0 Å². The lowest BCUT2D eigenvalue weighted by Crippen LogP contribution is -2.58. The van der Waals surface area contributed by atoms with E-state index in [1.165, 1.54) is 0 Å². The number of hydrogen-bond donors (Lipinski definition) is 0. The molecule has 1 aliphatic carbocycles. The summed E-state index contributed by atoms with van der Waals surface area (Å²) in [5.74, 6) is 3.48. The first-order valence-electron chi connectivity index (χ1n) is 11.6. The Balaban J connectivity index is 1.22. The van der Waals surface area contributed by atoms with Gasteiger partial charge in [-0.15, -0.1) is 0 Å². The largest absolute Gasteiger partial charge is 0.468 e. The van der Waals surface area contributed by atoms with Gasteiger partial charge in [0.25, 0.3) is 0 Å². The zero-order chi connectivity index (χ0) is 22.0. The molecule has 7 nitrogen and oxygen atoms in total. The third-order valence-corrected chi connectivity index (χ3v) is 7.28. The van der Waals surface area contributed by atoms with Crippen molar-refractivity contribution in [1.29, 1.82) is 0 Å². The van der Waals surface area contributed by atoms with Crippen LogP contribution in [-0.4, -0.2) is 47.3 Å². The van der Waals surface area contributed by atoms with Gasteiger partial charge in [0.2, 0.25) is 0 Å². The molecule has 0 spiro atoms. The van der Waals surface area contributed by atoms with Crippen LogP contribution in [0, 0.1) is 11.3 Å². The summed E-state index contributed by atoms with van der Waals surface area (Å²) in [5, 5.41) is 4.38. The van der Waals surface area contributed by atoms with Gasteiger partial charge in [0, 0.05) is 25.2 Å². The van der Waals surface area contributed by atoms with Gasteiger partial charge in [-0.25, -0.2) is 0 Å². The topological polar surface area (TPSA) is 68.0 Å². The fourth-order valence-corrected chi connectivity index (χ4v) is 5.19. The summed E-state index contributed by atoms with van der Waals surface area (Å²) in [4.78, 5) is 4.85. The van der Waals surface area contributed by atoms with E-state index in [1.807, 2.05) is 24.3 Å². The smallest absolute Gasteiger partial charge is 0.150 e. The van der Waals surface area contributed by atoms with Gasteiger partial charge in [0.1, 0.15) is 11.5 Å². The molecule has 2 aliphatic rings. The van der Waals surface area contributed by atoms with Crippen LogP contribution in [0.1, 0.15) is 43.2 Å². The second-order valence-electron chi connectivity index (χ2n) is 9.71. The van der Waals surface area contributed by atoms with Crippen LogP contribution in [-0.2, 0) is 30.8 Å². The van der Waals surface area contributed by atoms with Crippen molar-refractivity contribution in [2.24, 2.45) is 11.3 Å². The highest BCUT2D eigenvalue weighted by molar-refractivity contribution is 5.13. The third-order valence-electron chi connectivity index (χ3n) is 7.28. The summed E-state index contributed by atoms with van der Waals surface area (Å²) in [5.41, 5.74) is 1.22. The van der Waals surface area contributed by atoms with Crippen molar-refractivity contribution in [2.45, 2.75) is 52.4 Å². The molecule has 5 rings (SSSR count). The van der Waals surface area contributed by atoms with E-state index in [0.29, 0.717) is 12.0 Å². The normalized spacial score (nSPS) is 23.5. The van der Waals surface area contributed by atoms with Crippen molar-refractivity contribution in [3.8, 4) is 0 Å². The van der Waals surface area contributed by atoms with E-state index in [1.54, 1.807) is 12.5 Å². The lowest BCUT2D eigenvalue weighted by atomic mass is 9.56.